The standard InChI is InChI=1S/C30H36ClN3O5S/c1-5-22(2)32-30(36)23(3)33(20-19-24-9-7-6-8-10-24)29(35)21-34(26-13-11-25(31)12-14-26)40(37,38)28-17-15-27(39-4)16-18-28/h6-18,22-23H,5,19-21H2,1-4H3,(H,32,36). The summed E-state index contributed by atoms with van der Waals surface area (Å²) in [6.45, 7) is 5.23. The Morgan fingerprint density at radius 2 is 1.57 bits per heavy atom. The van der Waals surface area contributed by atoms with Crippen molar-refractivity contribution in [3.8, 4) is 5.75 Å². The molecule has 1 N–H and O–H groups in total. The number of sulfonamides is 1. The molecule has 0 saturated carbocycles. The van der Waals surface area contributed by atoms with Crippen LogP contribution in [0.2, 0.25) is 5.02 Å². The summed E-state index contributed by atoms with van der Waals surface area (Å²) < 4.78 is 33.9. The minimum Gasteiger partial charge on any atom is -0.497 e. The highest BCUT2D eigenvalue weighted by Gasteiger charge is 2.32. The third-order valence-electron chi connectivity index (χ3n) is 6.69. The van der Waals surface area contributed by atoms with Crippen LogP contribution in [0.25, 0.3) is 0 Å². The average Bonchev–Trinajstić information content (AvgIpc) is 2.96. The fourth-order valence-electron chi connectivity index (χ4n) is 4.05. The zero-order valence-corrected chi connectivity index (χ0v) is 24.8. The van der Waals surface area contributed by atoms with E-state index in [4.69, 9.17) is 16.3 Å². The van der Waals surface area contributed by atoms with Crippen LogP contribution in [0.5, 0.6) is 5.75 Å². The van der Waals surface area contributed by atoms with E-state index in [2.05, 4.69) is 5.32 Å². The number of ether oxygens (including phenoxy) is 1. The summed E-state index contributed by atoms with van der Waals surface area (Å²) in [5, 5.41) is 3.36. The Balaban J connectivity index is 1.97. The lowest BCUT2D eigenvalue weighted by atomic mass is 10.1. The van der Waals surface area contributed by atoms with Gasteiger partial charge in [0.05, 0.1) is 17.7 Å². The number of benzene rings is 3. The van der Waals surface area contributed by atoms with E-state index in [0.717, 1.165) is 16.3 Å². The molecular weight excluding hydrogens is 550 g/mol. The van der Waals surface area contributed by atoms with Gasteiger partial charge in [0.25, 0.3) is 10.0 Å². The van der Waals surface area contributed by atoms with Crippen LogP contribution in [0.15, 0.2) is 83.8 Å². The minimum absolute atomic E-state index is 0.00514. The second kappa shape index (κ2) is 14.2. The van der Waals surface area contributed by atoms with E-state index in [1.165, 1.54) is 24.1 Å². The van der Waals surface area contributed by atoms with Crippen molar-refractivity contribution in [3.05, 3.63) is 89.4 Å². The van der Waals surface area contributed by atoms with E-state index in [9.17, 15) is 18.0 Å². The van der Waals surface area contributed by atoms with Crippen LogP contribution in [-0.2, 0) is 26.0 Å². The second-order valence-electron chi connectivity index (χ2n) is 9.48. The van der Waals surface area contributed by atoms with Crippen molar-refractivity contribution in [2.24, 2.45) is 0 Å². The van der Waals surface area contributed by atoms with Crippen molar-refractivity contribution in [2.75, 3.05) is 24.5 Å². The van der Waals surface area contributed by atoms with Gasteiger partial charge in [-0.05, 0) is 80.8 Å². The number of halogens is 1. The number of hydrogen-bond donors (Lipinski definition) is 1. The highest BCUT2D eigenvalue weighted by molar-refractivity contribution is 7.92. The molecule has 0 aliphatic rings. The number of carbonyl (C=O) groups excluding carboxylic acids is 2. The van der Waals surface area contributed by atoms with Crippen LogP contribution in [0.1, 0.15) is 32.8 Å². The summed E-state index contributed by atoms with van der Waals surface area (Å²) in [4.78, 5) is 28.4. The largest absolute Gasteiger partial charge is 0.497 e. The van der Waals surface area contributed by atoms with Crippen LogP contribution in [0, 0.1) is 0 Å². The molecule has 2 atom stereocenters. The SMILES string of the molecule is CCC(C)NC(=O)C(C)N(CCc1ccccc1)C(=O)CN(c1ccc(Cl)cc1)S(=O)(=O)c1ccc(OC)cc1. The first kappa shape index (κ1) is 31.0. The van der Waals surface area contributed by atoms with Crippen LogP contribution in [0.3, 0.4) is 0 Å². The van der Waals surface area contributed by atoms with Gasteiger partial charge in [0.2, 0.25) is 11.8 Å². The molecule has 214 valence electrons. The van der Waals surface area contributed by atoms with E-state index >= 15 is 0 Å². The topological polar surface area (TPSA) is 96.0 Å². The van der Waals surface area contributed by atoms with E-state index in [0.29, 0.717) is 17.2 Å². The first-order valence-corrected chi connectivity index (χ1v) is 14.9. The van der Waals surface area contributed by atoms with Crippen molar-refractivity contribution < 1.29 is 22.7 Å². The summed E-state index contributed by atoms with van der Waals surface area (Å²) in [5.41, 5.74) is 1.27. The van der Waals surface area contributed by atoms with Crippen molar-refractivity contribution >= 4 is 39.1 Å². The number of hydrogen-bond acceptors (Lipinski definition) is 5. The number of nitrogens with zero attached hydrogens (tertiary/aromatic N) is 2. The molecule has 0 fully saturated rings. The Morgan fingerprint density at radius 3 is 2.15 bits per heavy atom. The summed E-state index contributed by atoms with van der Waals surface area (Å²) in [5.74, 6) is -0.303. The number of carbonyl (C=O) groups is 2. The van der Waals surface area contributed by atoms with E-state index < -0.39 is 28.5 Å². The zero-order valence-electron chi connectivity index (χ0n) is 23.2. The molecule has 3 aromatic carbocycles. The first-order chi connectivity index (χ1) is 19.1. The monoisotopic (exact) mass is 585 g/mol. The van der Waals surface area contributed by atoms with Gasteiger partial charge in [0, 0.05) is 17.6 Å². The van der Waals surface area contributed by atoms with Gasteiger partial charge in [-0.2, -0.15) is 0 Å². The molecule has 0 aromatic heterocycles. The number of amides is 2. The maximum Gasteiger partial charge on any atom is 0.264 e. The Hall–Kier alpha value is -3.56. The smallest absolute Gasteiger partial charge is 0.264 e. The molecule has 40 heavy (non-hydrogen) atoms. The van der Waals surface area contributed by atoms with E-state index in [1.54, 1.807) is 43.3 Å². The lowest BCUT2D eigenvalue weighted by Gasteiger charge is -2.32. The molecule has 3 aromatic rings. The molecule has 0 spiro atoms. The molecule has 0 saturated heterocycles. The number of methoxy groups -OCH3 is 1. The fraction of sp³-hybridized carbons (Fsp3) is 0.333. The molecule has 0 radical (unpaired) electrons. The summed E-state index contributed by atoms with van der Waals surface area (Å²) in [6.07, 6.45) is 1.24. The Morgan fingerprint density at radius 1 is 0.950 bits per heavy atom. The zero-order chi connectivity index (χ0) is 29.3. The molecule has 8 nitrogen and oxygen atoms in total. The predicted octanol–water partition coefficient (Wildman–Crippen LogP) is 4.92. The maximum absolute atomic E-state index is 13.9. The van der Waals surface area contributed by atoms with Crippen molar-refractivity contribution in [2.45, 2.75) is 50.6 Å². The Kier molecular flexibility index (Phi) is 11.0. The van der Waals surface area contributed by atoms with Gasteiger partial charge in [-0.3, -0.25) is 13.9 Å². The van der Waals surface area contributed by atoms with Gasteiger partial charge >= 0.3 is 0 Å². The van der Waals surface area contributed by atoms with Crippen LogP contribution in [0.4, 0.5) is 5.69 Å². The van der Waals surface area contributed by atoms with Gasteiger partial charge in [-0.25, -0.2) is 8.42 Å². The van der Waals surface area contributed by atoms with Crippen LogP contribution in [-0.4, -0.2) is 57.4 Å². The molecule has 2 unspecified atom stereocenters. The third-order valence-corrected chi connectivity index (χ3v) is 8.73. The quantitative estimate of drug-likeness (QED) is 0.307. The molecule has 10 heteroatoms. The van der Waals surface area contributed by atoms with Gasteiger partial charge in [-0.15, -0.1) is 0 Å². The van der Waals surface area contributed by atoms with Gasteiger partial charge in [0.1, 0.15) is 18.3 Å². The molecular formula is C30H36ClN3O5S. The predicted molar refractivity (Wildman–Crippen MR) is 158 cm³/mol. The van der Waals surface area contributed by atoms with Gasteiger partial charge in [0.15, 0.2) is 0 Å². The molecule has 3 rings (SSSR count). The van der Waals surface area contributed by atoms with E-state index in [1.807, 2.05) is 44.2 Å². The lowest BCUT2D eigenvalue weighted by Crippen LogP contribution is -2.53. The van der Waals surface area contributed by atoms with Crippen molar-refractivity contribution in [1.29, 1.82) is 0 Å². The second-order valence-corrected chi connectivity index (χ2v) is 11.8. The molecule has 2 amide bonds. The maximum atomic E-state index is 13.9. The lowest BCUT2D eigenvalue weighted by molar-refractivity contribution is -0.139. The summed E-state index contributed by atoms with van der Waals surface area (Å²) in [6, 6.07) is 20.9. The fourth-order valence-corrected chi connectivity index (χ4v) is 5.59. The van der Waals surface area contributed by atoms with Gasteiger partial charge < -0.3 is 15.0 Å². The third kappa shape index (κ3) is 7.99. The Bertz CT molecular complexity index is 1370. The van der Waals surface area contributed by atoms with E-state index in [-0.39, 0.29) is 29.1 Å². The molecule has 0 aliphatic carbocycles. The highest BCUT2D eigenvalue weighted by Crippen LogP contribution is 2.27. The van der Waals surface area contributed by atoms with Crippen LogP contribution < -0.4 is 14.4 Å². The van der Waals surface area contributed by atoms with Gasteiger partial charge in [-0.1, -0.05) is 48.9 Å². The summed E-state index contributed by atoms with van der Waals surface area (Å²) in [7, 11) is -2.68. The molecule has 0 aliphatic heterocycles. The average molecular weight is 586 g/mol. The number of anilines is 1. The van der Waals surface area contributed by atoms with Crippen LogP contribution >= 0.6 is 11.6 Å². The number of rotatable bonds is 13. The molecule has 0 bridgehead atoms. The number of nitrogens with one attached hydrogen (secondary N) is 1. The normalized spacial score (nSPS) is 12.7. The van der Waals surface area contributed by atoms with Crippen molar-refractivity contribution in [3.63, 3.8) is 0 Å². The minimum atomic E-state index is -4.17. The van der Waals surface area contributed by atoms with Crippen molar-refractivity contribution in [1.82, 2.24) is 10.2 Å². The summed E-state index contributed by atoms with van der Waals surface area (Å²) >= 11 is 6.06. The molecule has 0 heterocycles. The Labute approximate surface area is 241 Å². The first-order valence-electron chi connectivity index (χ1n) is 13.1. The highest BCUT2D eigenvalue weighted by atomic mass is 35.5.